The number of carbonyl (C=O) groups is 3. The summed E-state index contributed by atoms with van der Waals surface area (Å²) in [5, 5.41) is 2.71. The van der Waals surface area contributed by atoms with Crippen LogP contribution in [0.2, 0.25) is 0 Å². The molecule has 0 saturated carbocycles. The number of rotatable bonds is 9. The number of hydrogen-bond donors (Lipinski definition) is 1. The Hall–Kier alpha value is -3.42. The van der Waals surface area contributed by atoms with Crippen molar-refractivity contribution in [1.82, 2.24) is 10.2 Å². The highest BCUT2D eigenvalue weighted by Gasteiger charge is 2.29. The smallest absolute Gasteiger partial charge is 0.289 e. The molecule has 3 aromatic rings. The van der Waals surface area contributed by atoms with E-state index in [1.165, 1.54) is 4.90 Å². The van der Waals surface area contributed by atoms with E-state index in [1.807, 2.05) is 54.6 Å². The Kier molecular flexibility index (Phi) is 7.55. The molecule has 0 radical (unpaired) electrons. The lowest BCUT2D eigenvalue weighted by atomic mass is 10.1. The Balaban J connectivity index is 1.34. The van der Waals surface area contributed by atoms with Crippen LogP contribution < -0.4 is 5.32 Å². The number of carbonyl (C=O) groups excluding carboxylic acids is 3. The third-order valence-corrected chi connectivity index (χ3v) is 6.16. The number of hydrogen-bond acceptors (Lipinski definition) is 5. The second-order valence-corrected chi connectivity index (χ2v) is 8.59. The maximum Gasteiger partial charge on any atom is 0.289 e. The molecule has 4 rings (SSSR count). The average Bonchev–Trinajstić information content (AvgIpc) is 3.16. The summed E-state index contributed by atoms with van der Waals surface area (Å²) in [5.74, 6) is -0.246. The third-order valence-electron chi connectivity index (χ3n) is 5.30. The highest BCUT2D eigenvalue weighted by atomic mass is 32.2. The monoisotopic (exact) mass is 460 g/mol. The minimum atomic E-state index is -0.249. The van der Waals surface area contributed by atoms with Gasteiger partial charge in [-0.05, 0) is 34.4 Å². The molecule has 7 heteroatoms. The molecule has 0 atom stereocenters. The van der Waals surface area contributed by atoms with Crippen molar-refractivity contribution < 1.29 is 19.1 Å². The molecule has 1 aliphatic rings. The Morgan fingerprint density at radius 2 is 1.61 bits per heavy atom. The van der Waals surface area contributed by atoms with E-state index in [1.54, 1.807) is 24.3 Å². The fourth-order valence-electron chi connectivity index (χ4n) is 3.53. The highest BCUT2D eigenvalue weighted by molar-refractivity contribution is 8.14. The van der Waals surface area contributed by atoms with Crippen LogP contribution in [0.15, 0.2) is 78.9 Å². The van der Waals surface area contributed by atoms with Gasteiger partial charge in [-0.3, -0.25) is 19.3 Å². The molecule has 1 heterocycles. The van der Waals surface area contributed by atoms with Crippen molar-refractivity contribution in [2.75, 3.05) is 5.75 Å². The zero-order valence-corrected chi connectivity index (χ0v) is 18.8. The summed E-state index contributed by atoms with van der Waals surface area (Å²) in [6, 6.07) is 24.8. The van der Waals surface area contributed by atoms with Crippen LogP contribution in [0.1, 0.15) is 32.6 Å². The number of nitrogens with one attached hydrogen (secondary N) is 1. The largest absolute Gasteiger partial charge is 0.372 e. The average molecular weight is 461 g/mol. The second kappa shape index (κ2) is 10.9. The number of thioether (sulfide) groups is 1. The molecule has 1 fully saturated rings. The number of amides is 3. The molecule has 1 aliphatic heterocycles. The van der Waals surface area contributed by atoms with Gasteiger partial charge in [0.2, 0.25) is 5.91 Å². The molecule has 6 nitrogen and oxygen atoms in total. The lowest BCUT2D eigenvalue weighted by Gasteiger charge is -2.14. The summed E-state index contributed by atoms with van der Waals surface area (Å²) in [4.78, 5) is 37.7. The van der Waals surface area contributed by atoms with Crippen LogP contribution in [0.3, 0.4) is 0 Å². The van der Waals surface area contributed by atoms with Gasteiger partial charge in [-0.2, -0.15) is 0 Å². The molecule has 1 N–H and O–H groups in total. The van der Waals surface area contributed by atoms with Gasteiger partial charge < -0.3 is 10.1 Å². The highest BCUT2D eigenvalue weighted by Crippen LogP contribution is 2.21. The van der Waals surface area contributed by atoms with Gasteiger partial charge >= 0.3 is 0 Å². The van der Waals surface area contributed by atoms with E-state index in [0.717, 1.165) is 34.0 Å². The van der Waals surface area contributed by atoms with E-state index >= 15 is 0 Å². The van der Waals surface area contributed by atoms with Crippen LogP contribution in [0.4, 0.5) is 4.79 Å². The Bertz CT molecular complexity index is 1130. The van der Waals surface area contributed by atoms with E-state index in [9.17, 15) is 14.4 Å². The molecule has 0 unspecified atom stereocenters. The molecule has 3 amide bonds. The lowest BCUT2D eigenvalue weighted by Crippen LogP contribution is -2.28. The van der Waals surface area contributed by atoms with Crippen LogP contribution in [-0.2, 0) is 35.8 Å². The van der Waals surface area contributed by atoms with Gasteiger partial charge in [-0.1, -0.05) is 78.5 Å². The number of nitrogens with zero attached hydrogens (tertiary/aromatic N) is 1. The van der Waals surface area contributed by atoms with E-state index in [0.29, 0.717) is 25.3 Å². The van der Waals surface area contributed by atoms with Crippen molar-refractivity contribution in [3.63, 3.8) is 0 Å². The van der Waals surface area contributed by atoms with Crippen LogP contribution in [0.5, 0.6) is 0 Å². The van der Waals surface area contributed by atoms with Crippen LogP contribution in [0.25, 0.3) is 0 Å². The first-order chi connectivity index (χ1) is 16.1. The van der Waals surface area contributed by atoms with E-state index in [-0.39, 0.29) is 29.4 Å². The molecule has 0 aromatic heterocycles. The molecule has 168 valence electrons. The van der Waals surface area contributed by atoms with Crippen LogP contribution in [0, 0.1) is 0 Å². The van der Waals surface area contributed by atoms with Gasteiger partial charge in [-0.25, -0.2) is 0 Å². The lowest BCUT2D eigenvalue weighted by molar-refractivity contribution is -0.125. The zero-order chi connectivity index (χ0) is 23.0. The first kappa shape index (κ1) is 22.8. The van der Waals surface area contributed by atoms with Crippen molar-refractivity contribution in [3.8, 4) is 0 Å². The first-order valence-electron chi connectivity index (χ1n) is 10.6. The summed E-state index contributed by atoms with van der Waals surface area (Å²) in [6.07, 6.45) is 0. The Morgan fingerprint density at radius 3 is 2.36 bits per heavy atom. The topological polar surface area (TPSA) is 75.7 Å². The summed E-state index contributed by atoms with van der Waals surface area (Å²) in [5.41, 5.74) is 4.34. The zero-order valence-electron chi connectivity index (χ0n) is 18.0. The Labute approximate surface area is 196 Å². The summed E-state index contributed by atoms with van der Waals surface area (Å²) in [6.45, 7) is 1.52. The third kappa shape index (κ3) is 6.09. The standard InChI is InChI=1S/C26H24N2O4S/c29-24-18-33-26(31)28(24)15-20-9-6-12-21(13-20)25(30)27-14-22-10-4-5-11-23(22)17-32-16-19-7-2-1-3-8-19/h1-13H,14-18H2,(H,27,30). The van der Waals surface area contributed by atoms with Crippen molar-refractivity contribution in [2.24, 2.45) is 0 Å². The normalized spacial score (nSPS) is 13.4. The minimum absolute atomic E-state index is 0.174. The molecule has 0 bridgehead atoms. The van der Waals surface area contributed by atoms with Gasteiger partial charge in [0.25, 0.3) is 11.1 Å². The van der Waals surface area contributed by atoms with Gasteiger partial charge in [0.05, 0.1) is 25.5 Å². The fraction of sp³-hybridized carbons (Fsp3) is 0.192. The molecule has 1 saturated heterocycles. The SMILES string of the molecule is O=C(NCc1ccccc1COCc1ccccc1)c1cccc(CN2C(=O)CSC2=O)c1. The van der Waals surface area contributed by atoms with E-state index < -0.39 is 0 Å². The number of ether oxygens (including phenoxy) is 1. The van der Waals surface area contributed by atoms with E-state index in [2.05, 4.69) is 5.32 Å². The molecular formula is C26H24N2O4S. The van der Waals surface area contributed by atoms with Crippen LogP contribution in [-0.4, -0.2) is 27.7 Å². The minimum Gasteiger partial charge on any atom is -0.372 e. The van der Waals surface area contributed by atoms with Crippen molar-refractivity contribution in [1.29, 1.82) is 0 Å². The predicted molar refractivity (Wildman–Crippen MR) is 127 cm³/mol. The first-order valence-corrected chi connectivity index (χ1v) is 11.6. The molecule has 0 spiro atoms. The molecular weight excluding hydrogens is 436 g/mol. The number of benzene rings is 3. The Morgan fingerprint density at radius 1 is 0.879 bits per heavy atom. The summed E-state index contributed by atoms with van der Waals surface area (Å²) in [7, 11) is 0. The van der Waals surface area contributed by atoms with Crippen molar-refractivity contribution in [3.05, 3.63) is 107 Å². The van der Waals surface area contributed by atoms with Gasteiger partial charge in [0, 0.05) is 12.1 Å². The predicted octanol–water partition coefficient (Wildman–Crippen LogP) is 4.53. The van der Waals surface area contributed by atoms with Crippen molar-refractivity contribution >= 4 is 28.8 Å². The number of imide groups is 1. The van der Waals surface area contributed by atoms with Crippen LogP contribution >= 0.6 is 11.8 Å². The van der Waals surface area contributed by atoms with E-state index in [4.69, 9.17) is 4.74 Å². The second-order valence-electron chi connectivity index (χ2n) is 7.66. The summed E-state index contributed by atoms with van der Waals surface area (Å²) < 4.78 is 5.86. The van der Waals surface area contributed by atoms with Gasteiger partial charge in [0.1, 0.15) is 0 Å². The molecule has 0 aliphatic carbocycles. The van der Waals surface area contributed by atoms with Gasteiger partial charge in [0.15, 0.2) is 0 Å². The fourth-order valence-corrected chi connectivity index (χ4v) is 4.25. The molecule has 33 heavy (non-hydrogen) atoms. The quantitative estimate of drug-likeness (QED) is 0.508. The van der Waals surface area contributed by atoms with Crippen molar-refractivity contribution in [2.45, 2.75) is 26.3 Å². The molecule has 3 aromatic carbocycles. The summed E-state index contributed by atoms with van der Waals surface area (Å²) >= 11 is 1.00. The maximum absolute atomic E-state index is 12.8. The van der Waals surface area contributed by atoms with Gasteiger partial charge in [-0.15, -0.1) is 0 Å². The maximum atomic E-state index is 12.8.